The maximum Gasteiger partial charge on any atom is 0.307 e. The Kier molecular flexibility index (Phi) is 4.01. The molecule has 0 bridgehead atoms. The molecule has 1 aliphatic heterocycles. The summed E-state index contributed by atoms with van der Waals surface area (Å²) in [6.45, 7) is 1.16. The molecule has 138 valence electrons. The molecule has 26 heavy (non-hydrogen) atoms. The van der Waals surface area contributed by atoms with Crippen molar-refractivity contribution < 1.29 is 19.5 Å². The summed E-state index contributed by atoms with van der Waals surface area (Å²) in [6, 6.07) is 7.25. The lowest BCUT2D eigenvalue weighted by Crippen LogP contribution is -2.41. The number of benzene rings is 1. The number of amides is 2. The summed E-state index contributed by atoms with van der Waals surface area (Å²) in [6.07, 6.45) is 4.08. The van der Waals surface area contributed by atoms with Gasteiger partial charge in [-0.05, 0) is 49.7 Å². The molecule has 1 heterocycles. The lowest BCUT2D eigenvalue weighted by Gasteiger charge is -2.33. The minimum absolute atomic E-state index is 0.0709. The number of piperidine rings is 1. The van der Waals surface area contributed by atoms with Gasteiger partial charge in [-0.3, -0.25) is 14.4 Å². The fraction of sp³-hybridized carbons (Fsp3) is 0.550. The summed E-state index contributed by atoms with van der Waals surface area (Å²) < 4.78 is 0. The Balaban J connectivity index is 1.47. The van der Waals surface area contributed by atoms with Crippen LogP contribution in [0.5, 0.6) is 0 Å². The third kappa shape index (κ3) is 2.87. The summed E-state index contributed by atoms with van der Waals surface area (Å²) in [4.78, 5) is 40.1. The van der Waals surface area contributed by atoms with Gasteiger partial charge in [0.25, 0.3) is 5.91 Å². The van der Waals surface area contributed by atoms with E-state index in [4.69, 9.17) is 0 Å². The number of carboxylic acid groups (broad SMARTS) is 1. The highest BCUT2D eigenvalue weighted by molar-refractivity contribution is 6.05. The van der Waals surface area contributed by atoms with E-state index in [2.05, 4.69) is 0 Å². The number of nitrogens with zero attached hydrogens (tertiary/aromatic N) is 2. The normalized spacial score (nSPS) is 23.6. The zero-order valence-electron chi connectivity index (χ0n) is 15.0. The van der Waals surface area contributed by atoms with Gasteiger partial charge >= 0.3 is 5.97 Å². The Bertz CT molecular complexity index is 763. The molecular formula is C20H24N2O4. The van der Waals surface area contributed by atoms with Crippen molar-refractivity contribution in [2.45, 2.75) is 32.1 Å². The number of carbonyl (C=O) groups excluding carboxylic acids is 2. The second-order valence-corrected chi connectivity index (χ2v) is 7.94. The first-order valence-corrected chi connectivity index (χ1v) is 9.32. The third-order valence-corrected chi connectivity index (χ3v) is 6.29. The Morgan fingerprint density at radius 3 is 2.38 bits per heavy atom. The molecule has 1 aromatic carbocycles. The predicted molar refractivity (Wildman–Crippen MR) is 95.9 cm³/mol. The van der Waals surface area contributed by atoms with Gasteiger partial charge in [-0.15, -0.1) is 0 Å². The average Bonchev–Trinajstić information content (AvgIpc) is 3.56. The number of hydrogen-bond donors (Lipinski definition) is 1. The van der Waals surface area contributed by atoms with Crippen LogP contribution in [0.4, 0.5) is 5.69 Å². The zero-order chi connectivity index (χ0) is 18.5. The number of aliphatic carboxylic acids is 1. The largest absolute Gasteiger partial charge is 0.481 e. The number of rotatable bonds is 4. The molecule has 1 N–H and O–H groups in total. The number of carbonyl (C=O) groups is 3. The van der Waals surface area contributed by atoms with Crippen LogP contribution in [0.3, 0.4) is 0 Å². The van der Waals surface area contributed by atoms with E-state index in [1.54, 1.807) is 22.9 Å². The van der Waals surface area contributed by atoms with Gasteiger partial charge in [-0.25, -0.2) is 0 Å². The van der Waals surface area contributed by atoms with Crippen LogP contribution in [0.2, 0.25) is 0 Å². The molecule has 1 unspecified atom stereocenters. The first kappa shape index (κ1) is 17.1. The molecule has 2 amide bonds. The predicted octanol–water partition coefficient (Wildman–Crippen LogP) is 2.39. The van der Waals surface area contributed by atoms with Crippen LogP contribution in [0.1, 0.15) is 42.5 Å². The molecule has 1 atom stereocenters. The van der Waals surface area contributed by atoms with E-state index in [-0.39, 0.29) is 29.1 Å². The Morgan fingerprint density at radius 1 is 1.15 bits per heavy atom. The lowest BCUT2D eigenvalue weighted by molar-refractivity contribution is -0.139. The van der Waals surface area contributed by atoms with Gasteiger partial charge < -0.3 is 14.9 Å². The van der Waals surface area contributed by atoms with Crippen molar-refractivity contribution in [1.29, 1.82) is 0 Å². The van der Waals surface area contributed by atoms with Gasteiger partial charge in [0.2, 0.25) is 5.91 Å². The molecule has 1 spiro atoms. The van der Waals surface area contributed by atoms with E-state index >= 15 is 0 Å². The average molecular weight is 356 g/mol. The highest BCUT2D eigenvalue weighted by Gasteiger charge is 2.59. The van der Waals surface area contributed by atoms with Crippen LogP contribution >= 0.6 is 0 Å². The van der Waals surface area contributed by atoms with Gasteiger partial charge in [0.1, 0.15) is 0 Å². The summed E-state index contributed by atoms with van der Waals surface area (Å²) in [5.74, 6) is -0.853. The summed E-state index contributed by atoms with van der Waals surface area (Å²) >= 11 is 0. The smallest absolute Gasteiger partial charge is 0.307 e. The molecule has 3 fully saturated rings. The SMILES string of the molecule is CN(C(=O)C1CC1)c1ccccc1C(=O)N1CCC2(CC1)CC2C(=O)O. The number of hydrogen-bond acceptors (Lipinski definition) is 3. The highest BCUT2D eigenvalue weighted by Crippen LogP contribution is 2.59. The van der Waals surface area contributed by atoms with Crippen LogP contribution in [0, 0.1) is 17.3 Å². The molecule has 3 aliphatic rings. The van der Waals surface area contributed by atoms with Crippen molar-refractivity contribution in [3.05, 3.63) is 29.8 Å². The van der Waals surface area contributed by atoms with Gasteiger partial charge in [-0.1, -0.05) is 12.1 Å². The van der Waals surface area contributed by atoms with Crippen molar-refractivity contribution in [2.24, 2.45) is 17.3 Å². The number of likely N-dealkylation sites (tertiary alicyclic amines) is 1. The number of para-hydroxylation sites is 1. The maximum atomic E-state index is 13.1. The van der Waals surface area contributed by atoms with Crippen molar-refractivity contribution in [2.75, 3.05) is 25.0 Å². The van der Waals surface area contributed by atoms with Crippen LogP contribution in [-0.4, -0.2) is 47.9 Å². The standard InChI is InChI=1S/C20H24N2O4/c1-21(17(23)13-6-7-13)16-5-3-2-4-14(16)18(24)22-10-8-20(9-11-22)12-15(20)19(25)26/h2-5,13,15H,6-12H2,1H3,(H,25,26). The number of anilines is 1. The van der Waals surface area contributed by atoms with Crippen molar-refractivity contribution in [3.8, 4) is 0 Å². The van der Waals surface area contributed by atoms with Gasteiger partial charge in [0.05, 0.1) is 17.2 Å². The molecule has 2 saturated carbocycles. The van der Waals surface area contributed by atoms with Crippen LogP contribution in [0.15, 0.2) is 24.3 Å². The Labute approximate surface area is 152 Å². The second kappa shape index (κ2) is 6.11. The van der Waals surface area contributed by atoms with E-state index in [9.17, 15) is 19.5 Å². The van der Waals surface area contributed by atoms with Gasteiger partial charge in [-0.2, -0.15) is 0 Å². The number of carboxylic acids is 1. The Hall–Kier alpha value is -2.37. The quantitative estimate of drug-likeness (QED) is 0.898. The first-order chi connectivity index (χ1) is 12.4. The van der Waals surface area contributed by atoms with Crippen molar-refractivity contribution >= 4 is 23.5 Å². The van der Waals surface area contributed by atoms with Crippen LogP contribution in [0.25, 0.3) is 0 Å². The molecule has 1 saturated heterocycles. The van der Waals surface area contributed by atoms with Gasteiger partial charge in [0, 0.05) is 26.1 Å². The molecule has 6 nitrogen and oxygen atoms in total. The van der Waals surface area contributed by atoms with E-state index in [0.29, 0.717) is 24.3 Å². The van der Waals surface area contributed by atoms with E-state index in [1.807, 2.05) is 18.2 Å². The zero-order valence-corrected chi connectivity index (χ0v) is 15.0. The molecule has 0 aromatic heterocycles. The summed E-state index contributed by atoms with van der Waals surface area (Å²) in [5, 5.41) is 9.21. The summed E-state index contributed by atoms with van der Waals surface area (Å²) in [7, 11) is 1.74. The fourth-order valence-corrected chi connectivity index (χ4v) is 4.24. The molecular weight excluding hydrogens is 332 g/mol. The second-order valence-electron chi connectivity index (χ2n) is 7.94. The van der Waals surface area contributed by atoms with E-state index in [0.717, 1.165) is 32.1 Å². The molecule has 2 aliphatic carbocycles. The van der Waals surface area contributed by atoms with Crippen molar-refractivity contribution in [1.82, 2.24) is 4.90 Å². The Morgan fingerprint density at radius 2 is 1.81 bits per heavy atom. The third-order valence-electron chi connectivity index (χ3n) is 6.29. The van der Waals surface area contributed by atoms with E-state index < -0.39 is 5.97 Å². The fourth-order valence-electron chi connectivity index (χ4n) is 4.24. The topological polar surface area (TPSA) is 77.9 Å². The highest BCUT2D eigenvalue weighted by atomic mass is 16.4. The van der Waals surface area contributed by atoms with Gasteiger partial charge in [0.15, 0.2) is 0 Å². The van der Waals surface area contributed by atoms with E-state index in [1.165, 1.54) is 0 Å². The van der Waals surface area contributed by atoms with Crippen molar-refractivity contribution in [3.63, 3.8) is 0 Å². The molecule has 0 radical (unpaired) electrons. The first-order valence-electron chi connectivity index (χ1n) is 9.32. The monoisotopic (exact) mass is 356 g/mol. The lowest BCUT2D eigenvalue weighted by atomic mass is 9.90. The molecule has 6 heteroatoms. The summed E-state index contributed by atoms with van der Waals surface area (Å²) in [5.41, 5.74) is 1.11. The van der Waals surface area contributed by atoms with Crippen LogP contribution in [-0.2, 0) is 9.59 Å². The van der Waals surface area contributed by atoms with Crippen LogP contribution < -0.4 is 4.90 Å². The molecule has 4 rings (SSSR count). The minimum Gasteiger partial charge on any atom is -0.481 e. The maximum absolute atomic E-state index is 13.1. The minimum atomic E-state index is -0.713. The molecule has 1 aromatic rings.